The van der Waals surface area contributed by atoms with E-state index >= 15 is 0 Å². The molecule has 0 fully saturated rings. The maximum Gasteiger partial charge on any atom is 0.134 e. The first-order chi connectivity index (χ1) is 31.7. The Morgan fingerprint density at radius 3 is 1.73 bits per heavy atom. The molecule has 11 aromatic carbocycles. The van der Waals surface area contributed by atoms with Crippen molar-refractivity contribution in [3.05, 3.63) is 218 Å². The molecule has 3 heterocycles. The van der Waals surface area contributed by atoms with Gasteiger partial charge in [0.05, 0.1) is 10.4 Å². The molecule has 0 bridgehead atoms. The van der Waals surface area contributed by atoms with Crippen LogP contribution in [0.25, 0.3) is 94.9 Å². The summed E-state index contributed by atoms with van der Waals surface area (Å²) in [7, 11) is -1.79. The van der Waals surface area contributed by atoms with Gasteiger partial charge in [0.25, 0.3) is 0 Å². The van der Waals surface area contributed by atoms with Crippen LogP contribution in [0.4, 0.5) is 17.1 Å². The minimum Gasteiger partial charge on any atom is -0.309 e. The van der Waals surface area contributed by atoms with Gasteiger partial charge in [-0.25, -0.2) is 0 Å². The number of anilines is 3. The van der Waals surface area contributed by atoms with Crippen molar-refractivity contribution in [1.82, 2.24) is 0 Å². The summed E-state index contributed by atoms with van der Waals surface area (Å²) in [6.45, 7) is 0. The molecule has 0 spiro atoms. The first kappa shape index (κ1) is 36.2. The van der Waals surface area contributed by atoms with E-state index in [1.165, 1.54) is 116 Å². The monoisotopic (exact) mass is 863 g/mol. The number of nitrogens with zero attached hydrogens (tertiary/aromatic N) is 1. The molecule has 14 rings (SSSR count). The molecule has 0 aliphatic carbocycles. The molecule has 1 unspecified atom stereocenters. The molecule has 64 heavy (non-hydrogen) atoms. The molecule has 1 aliphatic heterocycles. The fourth-order valence-electron chi connectivity index (χ4n) is 10.9. The molecule has 298 valence electrons. The maximum absolute atomic E-state index is 2.54. The van der Waals surface area contributed by atoms with Crippen LogP contribution in [0, 0.1) is 0 Å². The molecular weight excluding hydrogens is 827 g/mol. The molecule has 2 aromatic heterocycles. The molecule has 1 atom stereocenters. The van der Waals surface area contributed by atoms with Gasteiger partial charge in [-0.2, -0.15) is 0 Å². The molecule has 13 aromatic rings. The lowest BCUT2D eigenvalue weighted by Gasteiger charge is -2.27. The zero-order chi connectivity index (χ0) is 41.9. The fourth-order valence-corrected chi connectivity index (χ4v) is 16.7. The predicted octanol–water partition coefficient (Wildman–Crippen LogP) is 15.2. The van der Waals surface area contributed by atoms with E-state index in [1.807, 2.05) is 22.7 Å². The zero-order valence-electron chi connectivity index (χ0n) is 34.6. The summed E-state index contributed by atoms with van der Waals surface area (Å²) >= 11 is 3.80. The lowest BCUT2D eigenvalue weighted by atomic mass is 9.94. The first-order valence-electron chi connectivity index (χ1n) is 22.0. The van der Waals surface area contributed by atoms with Crippen molar-refractivity contribution in [3.63, 3.8) is 0 Å². The van der Waals surface area contributed by atoms with Gasteiger partial charge in [-0.05, 0) is 113 Å². The van der Waals surface area contributed by atoms with Crippen molar-refractivity contribution in [3.8, 4) is 22.3 Å². The van der Waals surface area contributed by atoms with E-state index in [9.17, 15) is 0 Å². The van der Waals surface area contributed by atoms with E-state index in [2.05, 4.69) is 223 Å². The van der Waals surface area contributed by atoms with Crippen molar-refractivity contribution in [2.24, 2.45) is 0 Å². The molecular formula is C60H37NS2Si. The molecule has 0 saturated carbocycles. The number of benzene rings is 11. The van der Waals surface area contributed by atoms with Crippen LogP contribution >= 0.6 is 22.7 Å². The largest absolute Gasteiger partial charge is 0.309 e. The smallest absolute Gasteiger partial charge is 0.134 e. The van der Waals surface area contributed by atoms with Crippen molar-refractivity contribution >= 4 is 137 Å². The number of thiophene rings is 2. The number of hydrogen-bond donors (Lipinski definition) is 0. The SMILES string of the molecule is c1ccc([SiH]2c3cc(-c4cccc(N(c5ccc6c7ccccc7c7ccccc7c6c5)c5cccc6c5sc5ccccc56)c4)ccc3-c3c2ccc2sc4ccccc4c32)cc1. The zero-order valence-corrected chi connectivity index (χ0v) is 37.4. The summed E-state index contributed by atoms with van der Waals surface area (Å²) in [6.07, 6.45) is 0. The van der Waals surface area contributed by atoms with Crippen molar-refractivity contribution < 1.29 is 0 Å². The predicted molar refractivity (Wildman–Crippen MR) is 283 cm³/mol. The molecule has 0 amide bonds. The average Bonchev–Trinajstić information content (AvgIpc) is 4.04. The van der Waals surface area contributed by atoms with Gasteiger partial charge in [-0.15, -0.1) is 22.7 Å². The number of rotatable bonds is 5. The van der Waals surface area contributed by atoms with Crippen LogP contribution in [-0.4, -0.2) is 8.80 Å². The Bertz CT molecular complexity index is 4010. The van der Waals surface area contributed by atoms with Crippen LogP contribution in [0.1, 0.15) is 0 Å². The van der Waals surface area contributed by atoms with Gasteiger partial charge in [0.2, 0.25) is 0 Å². The molecule has 4 heteroatoms. The standard InChI is InChI=1S/C60H37NS2Si/c1-2-16-41(17-3-1)64-56-33-32-55-58(49-23-9-11-27-54(49)62-55)59(56)50-30-28-38(35-57(50)64)37-14-12-15-39(34-37)61(52-25-13-24-48-47-22-8-10-26-53(47)63-60(48)52)40-29-31-46-44-20-5-4-18-42(44)43-19-6-7-21-45(43)51(46)36-40/h1-36,64H. The molecule has 0 saturated heterocycles. The van der Waals surface area contributed by atoms with E-state index in [0.717, 1.165) is 11.4 Å². The Morgan fingerprint density at radius 1 is 0.344 bits per heavy atom. The maximum atomic E-state index is 2.54. The quantitative estimate of drug-likeness (QED) is 0.123. The van der Waals surface area contributed by atoms with Crippen LogP contribution in [0.5, 0.6) is 0 Å². The van der Waals surface area contributed by atoms with Gasteiger partial charge >= 0.3 is 0 Å². The van der Waals surface area contributed by atoms with E-state index in [4.69, 9.17) is 0 Å². The van der Waals surface area contributed by atoms with E-state index in [1.54, 1.807) is 0 Å². The third-order valence-corrected chi connectivity index (χ3v) is 19.3. The summed E-state index contributed by atoms with van der Waals surface area (Å²) in [5.41, 5.74) is 8.79. The van der Waals surface area contributed by atoms with E-state index in [0.29, 0.717) is 0 Å². The lowest BCUT2D eigenvalue weighted by molar-refractivity contribution is 1.31. The summed E-state index contributed by atoms with van der Waals surface area (Å²) < 4.78 is 5.32. The lowest BCUT2D eigenvalue weighted by Crippen LogP contribution is -2.48. The Balaban J connectivity index is 0.983. The Hall–Kier alpha value is -7.34. The van der Waals surface area contributed by atoms with Crippen molar-refractivity contribution in [2.45, 2.75) is 0 Å². The minimum atomic E-state index is -1.79. The van der Waals surface area contributed by atoms with Gasteiger partial charge in [0.1, 0.15) is 8.80 Å². The van der Waals surface area contributed by atoms with Crippen molar-refractivity contribution in [1.29, 1.82) is 0 Å². The van der Waals surface area contributed by atoms with Gasteiger partial charge in [-0.3, -0.25) is 0 Å². The summed E-state index contributed by atoms with van der Waals surface area (Å²) in [4.78, 5) is 2.51. The second kappa shape index (κ2) is 14.1. The third-order valence-electron chi connectivity index (χ3n) is 13.7. The van der Waals surface area contributed by atoms with Gasteiger partial charge < -0.3 is 4.90 Å². The van der Waals surface area contributed by atoms with Gasteiger partial charge in [0.15, 0.2) is 0 Å². The minimum absolute atomic E-state index is 1.14. The Kier molecular flexibility index (Phi) is 7.96. The molecule has 1 nitrogen and oxygen atoms in total. The van der Waals surface area contributed by atoms with E-state index < -0.39 is 8.80 Å². The second-order valence-electron chi connectivity index (χ2n) is 17.1. The fraction of sp³-hybridized carbons (Fsp3) is 0. The molecule has 1 aliphatic rings. The normalized spacial score (nSPS) is 13.5. The highest BCUT2D eigenvalue weighted by atomic mass is 32.1. The highest BCUT2D eigenvalue weighted by Crippen LogP contribution is 2.47. The number of hydrogen-bond acceptors (Lipinski definition) is 3. The van der Waals surface area contributed by atoms with Crippen LogP contribution in [0.15, 0.2) is 218 Å². The second-order valence-corrected chi connectivity index (χ2v) is 22.0. The topological polar surface area (TPSA) is 3.24 Å². The van der Waals surface area contributed by atoms with Gasteiger partial charge in [-0.1, -0.05) is 175 Å². The summed E-state index contributed by atoms with van der Waals surface area (Å²) in [5.74, 6) is 0. The third kappa shape index (κ3) is 5.34. The molecule has 0 radical (unpaired) electrons. The summed E-state index contributed by atoms with van der Waals surface area (Å²) in [5, 5.41) is 17.6. The van der Waals surface area contributed by atoms with Crippen LogP contribution < -0.4 is 20.5 Å². The Labute approximate surface area is 380 Å². The van der Waals surface area contributed by atoms with Crippen LogP contribution in [0.3, 0.4) is 0 Å². The van der Waals surface area contributed by atoms with Crippen molar-refractivity contribution in [2.75, 3.05) is 4.90 Å². The molecule has 0 N–H and O–H groups in total. The Morgan fingerprint density at radius 2 is 0.953 bits per heavy atom. The number of fused-ring (bicyclic) bond motifs is 16. The highest BCUT2D eigenvalue weighted by molar-refractivity contribution is 7.26. The van der Waals surface area contributed by atoms with Gasteiger partial charge in [0, 0.05) is 47.0 Å². The highest BCUT2D eigenvalue weighted by Gasteiger charge is 2.34. The van der Waals surface area contributed by atoms with Crippen LogP contribution in [0.2, 0.25) is 0 Å². The summed E-state index contributed by atoms with van der Waals surface area (Å²) in [6, 6.07) is 82.3. The first-order valence-corrected chi connectivity index (χ1v) is 25.4. The van der Waals surface area contributed by atoms with E-state index in [-0.39, 0.29) is 0 Å². The average molecular weight is 864 g/mol. The van der Waals surface area contributed by atoms with Crippen LogP contribution in [-0.2, 0) is 0 Å².